The number of hydrogen-bond donors (Lipinski definition) is 2. The second kappa shape index (κ2) is 10.3. The molecular formula is C31H32F4N4O2. The third-order valence-electron chi connectivity index (χ3n) is 7.94. The number of benzene rings is 3. The minimum Gasteiger partial charge on any atom is -0.494 e. The van der Waals surface area contributed by atoms with Gasteiger partial charge in [0.25, 0.3) is 0 Å². The lowest BCUT2D eigenvalue weighted by Gasteiger charge is -2.19. The molecule has 2 aliphatic rings. The van der Waals surface area contributed by atoms with Gasteiger partial charge in [0.15, 0.2) is 17.3 Å². The minimum atomic E-state index is -4.28. The van der Waals surface area contributed by atoms with Crippen LogP contribution in [0.4, 0.5) is 23.2 Å². The van der Waals surface area contributed by atoms with Crippen LogP contribution >= 0.6 is 0 Å². The molecule has 0 amide bonds. The second-order valence-corrected chi connectivity index (χ2v) is 11.0. The molecule has 2 atom stereocenters. The fourth-order valence-corrected chi connectivity index (χ4v) is 5.41. The summed E-state index contributed by atoms with van der Waals surface area (Å²) in [5, 5.41) is 6.55. The molecule has 2 heterocycles. The van der Waals surface area contributed by atoms with E-state index < -0.39 is 24.1 Å². The van der Waals surface area contributed by atoms with E-state index in [0.717, 1.165) is 40.7 Å². The summed E-state index contributed by atoms with van der Waals surface area (Å²) >= 11 is 0. The van der Waals surface area contributed by atoms with Gasteiger partial charge < -0.3 is 14.8 Å². The molecule has 2 unspecified atom stereocenters. The van der Waals surface area contributed by atoms with E-state index in [1.807, 2.05) is 30.5 Å². The second-order valence-electron chi connectivity index (χ2n) is 11.0. The molecule has 1 aliphatic carbocycles. The first-order chi connectivity index (χ1) is 19.6. The van der Waals surface area contributed by atoms with E-state index in [9.17, 15) is 17.6 Å². The number of rotatable bonds is 10. The maximum absolute atomic E-state index is 14.5. The van der Waals surface area contributed by atoms with Crippen LogP contribution in [0.15, 0.2) is 54.9 Å². The van der Waals surface area contributed by atoms with Crippen LogP contribution in [0.2, 0.25) is 0 Å². The van der Waals surface area contributed by atoms with Gasteiger partial charge in [0, 0.05) is 29.8 Å². The number of nitrogens with zero attached hydrogens (tertiary/aromatic N) is 2. The Morgan fingerprint density at radius 2 is 1.90 bits per heavy atom. The summed E-state index contributed by atoms with van der Waals surface area (Å²) in [5.41, 5.74) is 5.93. The first-order valence-corrected chi connectivity index (χ1v) is 13.7. The summed E-state index contributed by atoms with van der Waals surface area (Å²) in [6, 6.07) is 15.2. The Hall–Kier alpha value is -3.63. The molecule has 0 bridgehead atoms. The van der Waals surface area contributed by atoms with Gasteiger partial charge in [-0.2, -0.15) is 13.2 Å². The number of alkyl halides is 3. The van der Waals surface area contributed by atoms with Gasteiger partial charge in [-0.25, -0.2) is 9.37 Å². The zero-order valence-corrected chi connectivity index (χ0v) is 23.1. The third kappa shape index (κ3) is 5.63. The minimum absolute atomic E-state index is 0.147. The van der Waals surface area contributed by atoms with Crippen molar-refractivity contribution < 1.29 is 27.0 Å². The van der Waals surface area contributed by atoms with Crippen molar-refractivity contribution in [3.63, 3.8) is 0 Å². The van der Waals surface area contributed by atoms with Crippen LogP contribution in [0.5, 0.6) is 5.75 Å². The number of ether oxygens (including phenoxy) is 2. The van der Waals surface area contributed by atoms with Crippen molar-refractivity contribution in [2.45, 2.75) is 57.0 Å². The quantitative estimate of drug-likeness (QED) is 0.160. The molecule has 4 aromatic rings. The van der Waals surface area contributed by atoms with Crippen LogP contribution in [0.3, 0.4) is 0 Å². The highest BCUT2D eigenvalue weighted by Crippen LogP contribution is 2.42. The van der Waals surface area contributed by atoms with Gasteiger partial charge in [-0.15, -0.1) is 0 Å². The number of nitrogens with one attached hydrogen (secondary N) is 2. The molecular weight excluding hydrogens is 536 g/mol. The van der Waals surface area contributed by atoms with Crippen LogP contribution in [0.1, 0.15) is 54.4 Å². The molecule has 6 rings (SSSR count). The van der Waals surface area contributed by atoms with E-state index in [1.165, 1.54) is 13.2 Å². The van der Waals surface area contributed by atoms with E-state index >= 15 is 0 Å². The Morgan fingerprint density at radius 3 is 2.54 bits per heavy atom. The Bertz CT molecular complexity index is 1590. The number of aromatic nitrogens is 2. The predicted molar refractivity (Wildman–Crippen MR) is 149 cm³/mol. The zero-order chi connectivity index (χ0) is 28.9. The van der Waals surface area contributed by atoms with Crippen molar-refractivity contribution in [3.8, 4) is 11.4 Å². The van der Waals surface area contributed by atoms with Crippen LogP contribution < -0.4 is 15.4 Å². The molecule has 1 saturated heterocycles. The van der Waals surface area contributed by atoms with E-state index in [4.69, 9.17) is 9.47 Å². The highest BCUT2D eigenvalue weighted by atomic mass is 19.4. The van der Waals surface area contributed by atoms with Crippen LogP contribution in [0.25, 0.3) is 16.7 Å². The average Bonchev–Trinajstić information content (AvgIpc) is 3.86. The molecule has 2 N–H and O–H groups in total. The molecule has 3 aromatic carbocycles. The number of epoxide rings is 1. The topological polar surface area (TPSA) is 63.6 Å². The van der Waals surface area contributed by atoms with Crippen molar-refractivity contribution in [2.75, 3.05) is 25.6 Å². The smallest absolute Gasteiger partial charge is 0.390 e. The standard InChI is InChI=1S/C31H32F4N4O2/c1-18-12-23(7-8-24(18)30(16-41-30)38-22-5-6-22)39-17-37-29-26(36-11-10-31(33,34)35)14-21(15-27(29)39)19(2)20-4-9-28(40-3)25(32)13-20/h4,7-9,12-15,17,19,22,36,38H,5-6,10-11,16H2,1-3H3. The van der Waals surface area contributed by atoms with E-state index in [1.54, 1.807) is 24.5 Å². The summed E-state index contributed by atoms with van der Waals surface area (Å²) in [4.78, 5) is 4.59. The highest BCUT2D eigenvalue weighted by Gasteiger charge is 2.50. The Kier molecular flexibility index (Phi) is 6.94. The number of anilines is 1. The Labute approximate surface area is 235 Å². The molecule has 2 fully saturated rings. The average molecular weight is 569 g/mol. The van der Waals surface area contributed by atoms with Gasteiger partial charge in [0.2, 0.25) is 0 Å². The largest absolute Gasteiger partial charge is 0.494 e. The number of halogens is 4. The van der Waals surface area contributed by atoms with Gasteiger partial charge in [-0.05, 0) is 72.9 Å². The molecule has 10 heteroatoms. The molecule has 0 spiro atoms. The fraction of sp³-hybridized carbons (Fsp3) is 0.387. The maximum Gasteiger partial charge on any atom is 0.390 e. The molecule has 1 saturated carbocycles. The van der Waals surface area contributed by atoms with Gasteiger partial charge in [-0.1, -0.05) is 19.1 Å². The summed E-state index contributed by atoms with van der Waals surface area (Å²) < 4.78 is 66.2. The lowest BCUT2D eigenvalue weighted by molar-refractivity contribution is -0.131. The Balaban J connectivity index is 1.39. The predicted octanol–water partition coefficient (Wildman–Crippen LogP) is 6.93. The zero-order valence-electron chi connectivity index (χ0n) is 23.1. The number of imidazole rings is 1. The first-order valence-electron chi connectivity index (χ1n) is 13.7. The van der Waals surface area contributed by atoms with Gasteiger partial charge in [-0.3, -0.25) is 9.88 Å². The van der Waals surface area contributed by atoms with Crippen LogP contribution in [0, 0.1) is 12.7 Å². The summed E-state index contributed by atoms with van der Waals surface area (Å²) in [6.45, 7) is 4.33. The van der Waals surface area contributed by atoms with E-state index in [0.29, 0.717) is 29.4 Å². The molecule has 6 nitrogen and oxygen atoms in total. The molecule has 0 radical (unpaired) electrons. The van der Waals surface area contributed by atoms with Gasteiger partial charge in [0.05, 0.1) is 31.3 Å². The van der Waals surface area contributed by atoms with Crippen molar-refractivity contribution in [1.82, 2.24) is 14.9 Å². The number of hydrogen-bond acceptors (Lipinski definition) is 5. The fourth-order valence-electron chi connectivity index (χ4n) is 5.41. The monoisotopic (exact) mass is 568 g/mol. The molecule has 1 aromatic heterocycles. The third-order valence-corrected chi connectivity index (χ3v) is 7.94. The highest BCUT2D eigenvalue weighted by molar-refractivity contribution is 5.90. The van der Waals surface area contributed by atoms with Crippen molar-refractivity contribution in [1.29, 1.82) is 0 Å². The Morgan fingerprint density at radius 1 is 1.12 bits per heavy atom. The van der Waals surface area contributed by atoms with Crippen molar-refractivity contribution in [3.05, 3.63) is 82.9 Å². The van der Waals surface area contributed by atoms with Crippen molar-refractivity contribution >= 4 is 16.7 Å². The van der Waals surface area contributed by atoms with Gasteiger partial charge in [0.1, 0.15) is 11.8 Å². The van der Waals surface area contributed by atoms with E-state index in [-0.39, 0.29) is 18.2 Å². The normalized spacial score (nSPS) is 19.4. The SMILES string of the molecule is COc1ccc(C(C)c2cc(NCCC(F)(F)F)c3ncn(-c4ccc(C5(NC6CC6)CO5)c(C)c4)c3c2)cc1F. The molecule has 41 heavy (non-hydrogen) atoms. The summed E-state index contributed by atoms with van der Waals surface area (Å²) in [7, 11) is 1.41. The van der Waals surface area contributed by atoms with Gasteiger partial charge >= 0.3 is 6.18 Å². The van der Waals surface area contributed by atoms with Crippen LogP contribution in [-0.2, 0) is 10.5 Å². The summed E-state index contributed by atoms with van der Waals surface area (Å²) in [5.74, 6) is -0.583. The molecule has 1 aliphatic heterocycles. The first kappa shape index (κ1) is 27.5. The maximum atomic E-state index is 14.5. The number of methoxy groups -OCH3 is 1. The van der Waals surface area contributed by atoms with Crippen molar-refractivity contribution in [2.24, 2.45) is 0 Å². The number of fused-ring (bicyclic) bond motifs is 1. The molecule has 216 valence electrons. The number of aryl methyl sites for hydroxylation is 1. The van der Waals surface area contributed by atoms with E-state index in [2.05, 4.69) is 27.8 Å². The lowest BCUT2D eigenvalue weighted by atomic mass is 9.92. The summed E-state index contributed by atoms with van der Waals surface area (Å²) in [6.07, 6.45) is -1.26. The lowest BCUT2D eigenvalue weighted by Crippen LogP contribution is -2.33. The van der Waals surface area contributed by atoms with Crippen LogP contribution in [-0.4, -0.2) is 42.0 Å².